The van der Waals surface area contributed by atoms with Crippen molar-refractivity contribution in [3.8, 4) is 0 Å². The van der Waals surface area contributed by atoms with Gasteiger partial charge in [-0.2, -0.15) is 26.3 Å². The van der Waals surface area contributed by atoms with Gasteiger partial charge < -0.3 is 0 Å². The van der Waals surface area contributed by atoms with Crippen molar-refractivity contribution in [2.24, 2.45) is 0 Å². The number of alkyl halides is 3. The maximum atomic E-state index is 11.0. The minimum absolute atomic E-state index is 0.167. The van der Waals surface area contributed by atoms with E-state index in [9.17, 15) is 35.1 Å². The van der Waals surface area contributed by atoms with Crippen LogP contribution in [0.25, 0.3) is 0 Å². The fourth-order valence-electron chi connectivity index (χ4n) is 0.107. The molecule has 0 aliphatic rings. The lowest BCUT2D eigenvalue weighted by atomic mass is 10.6. The summed E-state index contributed by atoms with van der Waals surface area (Å²) in [6.45, 7) is 0. The molecular weight excluding hydrogens is 212 g/mol. The monoisotopic (exact) mass is 214 g/mol. The van der Waals surface area contributed by atoms with Crippen LogP contribution in [-0.4, -0.2) is 6.18 Å². The van der Waals surface area contributed by atoms with Gasteiger partial charge in [0.25, 0.3) is 5.83 Å². The molecule has 0 nitrogen and oxygen atoms in total. The first-order valence-corrected chi connectivity index (χ1v) is 2.40. The fourth-order valence-corrected chi connectivity index (χ4v) is 0.107. The molecule has 0 rings (SSSR count). The largest absolute Gasteiger partial charge is 0.448 e. The number of rotatable bonds is 0. The molecule has 0 spiro atoms. The first kappa shape index (κ1) is 14.4. The van der Waals surface area contributed by atoms with E-state index in [0.717, 1.165) is 0 Å². The van der Waals surface area contributed by atoms with E-state index in [1.807, 2.05) is 0 Å². The highest BCUT2D eigenvalue weighted by molar-refractivity contribution is 4.98. The molecule has 0 aliphatic heterocycles. The summed E-state index contributed by atoms with van der Waals surface area (Å²) in [4.78, 5) is 0. The molecule has 0 fully saturated rings. The standard InChI is InChI=1S/C3F6.C2H2F2/c4-1(2(5)6)3(7,8)9;3-1-2-4/h;1-2H. The number of allylic oxidation sites excluding steroid dienone is 1. The Morgan fingerprint density at radius 3 is 1.15 bits per heavy atom. The molecule has 0 radical (unpaired) electrons. The van der Waals surface area contributed by atoms with Crippen molar-refractivity contribution in [1.29, 1.82) is 0 Å². The van der Waals surface area contributed by atoms with Gasteiger partial charge in [0.2, 0.25) is 0 Å². The van der Waals surface area contributed by atoms with E-state index in [4.69, 9.17) is 0 Å². The molecule has 0 N–H and O–H groups in total. The van der Waals surface area contributed by atoms with Crippen LogP contribution in [-0.2, 0) is 0 Å². The quantitative estimate of drug-likeness (QED) is 0.534. The van der Waals surface area contributed by atoms with Gasteiger partial charge in [0.05, 0.1) is 0 Å². The lowest BCUT2D eigenvalue weighted by Crippen LogP contribution is -2.08. The summed E-state index contributed by atoms with van der Waals surface area (Å²) in [7, 11) is 0. The van der Waals surface area contributed by atoms with Crippen LogP contribution < -0.4 is 0 Å². The Balaban J connectivity index is 0. The van der Waals surface area contributed by atoms with Gasteiger partial charge in [-0.3, -0.25) is 0 Å². The van der Waals surface area contributed by atoms with Crippen LogP contribution in [0.2, 0.25) is 0 Å². The molecular formula is C5H2F8. The maximum Gasteiger partial charge on any atom is 0.448 e. The van der Waals surface area contributed by atoms with Gasteiger partial charge in [0.15, 0.2) is 0 Å². The molecule has 0 amide bonds. The highest BCUT2D eigenvalue weighted by atomic mass is 19.4. The molecule has 0 aromatic heterocycles. The van der Waals surface area contributed by atoms with Crippen molar-refractivity contribution >= 4 is 0 Å². The first-order chi connectivity index (χ1) is 5.77. The van der Waals surface area contributed by atoms with Gasteiger partial charge in [-0.05, 0) is 0 Å². The van der Waals surface area contributed by atoms with E-state index in [1.165, 1.54) is 0 Å². The first-order valence-electron chi connectivity index (χ1n) is 2.40. The van der Waals surface area contributed by atoms with Crippen molar-refractivity contribution in [3.05, 3.63) is 24.6 Å². The topological polar surface area (TPSA) is 0 Å². The van der Waals surface area contributed by atoms with Crippen molar-refractivity contribution in [2.45, 2.75) is 6.18 Å². The van der Waals surface area contributed by atoms with Gasteiger partial charge >= 0.3 is 12.3 Å². The van der Waals surface area contributed by atoms with E-state index >= 15 is 0 Å². The summed E-state index contributed by atoms with van der Waals surface area (Å²) in [5.41, 5.74) is 0. The SMILES string of the molecule is FC(F)=C(F)C(F)(F)F.FC=CF. The molecule has 0 unspecified atom stereocenters. The van der Waals surface area contributed by atoms with Crippen LogP contribution in [0.4, 0.5) is 35.1 Å². The zero-order valence-corrected chi connectivity index (χ0v) is 5.68. The molecule has 0 aromatic carbocycles. The zero-order chi connectivity index (χ0) is 11.1. The summed E-state index contributed by atoms with van der Waals surface area (Å²) in [6.07, 6.45) is -9.23. The Bertz CT molecular complexity index is 179. The van der Waals surface area contributed by atoms with E-state index < -0.39 is 18.1 Å². The van der Waals surface area contributed by atoms with Gasteiger partial charge in [0.1, 0.15) is 12.7 Å². The van der Waals surface area contributed by atoms with Crippen molar-refractivity contribution in [2.75, 3.05) is 0 Å². The van der Waals surface area contributed by atoms with E-state index in [1.54, 1.807) is 0 Å². The minimum atomic E-state index is -5.56. The van der Waals surface area contributed by atoms with E-state index in [-0.39, 0.29) is 12.7 Å². The summed E-state index contributed by atoms with van der Waals surface area (Å²) in [5, 5.41) is 0. The van der Waals surface area contributed by atoms with Gasteiger partial charge in [0, 0.05) is 0 Å². The second kappa shape index (κ2) is 6.44. The highest BCUT2D eigenvalue weighted by Crippen LogP contribution is 2.29. The second-order valence-electron chi connectivity index (χ2n) is 1.32. The van der Waals surface area contributed by atoms with Crippen LogP contribution in [0.15, 0.2) is 24.6 Å². The van der Waals surface area contributed by atoms with Crippen LogP contribution in [0.5, 0.6) is 0 Å². The maximum absolute atomic E-state index is 11.0. The minimum Gasteiger partial charge on any atom is -0.213 e. The van der Waals surface area contributed by atoms with Crippen molar-refractivity contribution in [1.82, 2.24) is 0 Å². The van der Waals surface area contributed by atoms with Crippen LogP contribution in [0, 0.1) is 0 Å². The zero-order valence-electron chi connectivity index (χ0n) is 5.68. The van der Waals surface area contributed by atoms with E-state index in [0.29, 0.717) is 0 Å². The summed E-state index contributed by atoms with van der Waals surface area (Å²) in [5.74, 6) is -3.33. The molecule has 0 aromatic rings. The Labute approximate surface area is 67.1 Å². The molecule has 13 heavy (non-hydrogen) atoms. The third-order valence-corrected chi connectivity index (χ3v) is 0.462. The lowest BCUT2D eigenvalue weighted by Gasteiger charge is -1.98. The molecule has 0 bridgehead atoms. The predicted octanol–water partition coefficient (Wildman–Crippen LogP) is 4.02. The third kappa shape index (κ3) is 8.83. The number of hydrogen-bond donors (Lipinski definition) is 0. The third-order valence-electron chi connectivity index (χ3n) is 0.462. The van der Waals surface area contributed by atoms with Crippen LogP contribution in [0.1, 0.15) is 0 Å². The highest BCUT2D eigenvalue weighted by Gasteiger charge is 2.38. The summed E-state index contributed by atoms with van der Waals surface area (Å²) < 4.78 is 85.1. The average molecular weight is 214 g/mol. The summed E-state index contributed by atoms with van der Waals surface area (Å²) >= 11 is 0. The van der Waals surface area contributed by atoms with Crippen LogP contribution in [0.3, 0.4) is 0 Å². The van der Waals surface area contributed by atoms with Gasteiger partial charge in [-0.25, -0.2) is 8.78 Å². The summed E-state index contributed by atoms with van der Waals surface area (Å²) in [6, 6.07) is 0. The second-order valence-corrected chi connectivity index (χ2v) is 1.32. The van der Waals surface area contributed by atoms with Crippen LogP contribution >= 0.6 is 0 Å². The number of hydrogen-bond acceptors (Lipinski definition) is 0. The van der Waals surface area contributed by atoms with Gasteiger partial charge in [-0.1, -0.05) is 0 Å². The molecule has 0 saturated carbocycles. The number of halogens is 8. The molecule has 78 valence electrons. The molecule has 0 atom stereocenters. The molecule has 0 saturated heterocycles. The molecule has 0 aliphatic carbocycles. The Morgan fingerprint density at radius 1 is 0.846 bits per heavy atom. The molecule has 0 heterocycles. The smallest absolute Gasteiger partial charge is 0.213 e. The molecule has 8 heteroatoms. The fraction of sp³-hybridized carbons (Fsp3) is 0.200. The predicted molar refractivity (Wildman–Crippen MR) is 27.8 cm³/mol. The van der Waals surface area contributed by atoms with Crippen molar-refractivity contribution < 1.29 is 35.1 Å². The van der Waals surface area contributed by atoms with Gasteiger partial charge in [-0.15, -0.1) is 0 Å². The average Bonchev–Trinajstić information content (AvgIpc) is 2.02. The Hall–Kier alpha value is -1.08. The lowest BCUT2D eigenvalue weighted by molar-refractivity contribution is -0.113. The van der Waals surface area contributed by atoms with Crippen molar-refractivity contribution in [3.63, 3.8) is 0 Å². The normalized spacial score (nSPS) is 10.8. The van der Waals surface area contributed by atoms with E-state index in [2.05, 4.69) is 0 Å². The Kier molecular flexibility index (Phi) is 7.15. The Morgan fingerprint density at radius 2 is 1.15 bits per heavy atom.